The first-order valence-corrected chi connectivity index (χ1v) is 7.79. The highest BCUT2D eigenvalue weighted by molar-refractivity contribution is 7.80. The molecule has 1 rings (SSSR count). The van der Waals surface area contributed by atoms with Crippen molar-refractivity contribution >= 4 is 18.3 Å². The summed E-state index contributed by atoms with van der Waals surface area (Å²) in [6, 6.07) is 3.26. The van der Waals surface area contributed by atoms with Gasteiger partial charge in [-0.2, -0.15) is 12.6 Å². The Morgan fingerprint density at radius 2 is 1.95 bits per heavy atom. The number of nitro groups is 1. The Bertz CT molecular complexity index is 476. The summed E-state index contributed by atoms with van der Waals surface area (Å²) < 4.78 is 18.9. The number of halogens is 1. The van der Waals surface area contributed by atoms with E-state index in [4.69, 9.17) is 4.74 Å². The summed E-state index contributed by atoms with van der Waals surface area (Å²) in [6.45, 7) is 4.47. The number of hydrogen-bond donors (Lipinski definition) is 1. The van der Waals surface area contributed by atoms with Gasteiger partial charge in [-0.1, -0.05) is 26.7 Å². The van der Waals surface area contributed by atoms with Crippen molar-refractivity contribution in [3.05, 3.63) is 34.1 Å². The van der Waals surface area contributed by atoms with Gasteiger partial charge in [0.25, 0.3) is 0 Å². The largest absolute Gasteiger partial charge is 0.486 e. The Kier molecular flexibility index (Phi) is 6.95. The Labute approximate surface area is 130 Å². The molecule has 0 aromatic heterocycles. The van der Waals surface area contributed by atoms with Crippen LogP contribution in [0.4, 0.5) is 10.1 Å². The topological polar surface area (TPSA) is 52.4 Å². The summed E-state index contributed by atoms with van der Waals surface area (Å²) in [5.41, 5.74) is -0.343. The molecule has 0 saturated heterocycles. The molecule has 0 N–H and O–H groups in total. The molecule has 0 heterocycles. The Balaban J connectivity index is 2.93. The molecule has 0 aliphatic carbocycles. The average molecular weight is 315 g/mol. The van der Waals surface area contributed by atoms with Crippen molar-refractivity contribution in [2.75, 3.05) is 12.4 Å². The van der Waals surface area contributed by atoms with E-state index in [1.165, 1.54) is 0 Å². The molecule has 0 spiro atoms. The van der Waals surface area contributed by atoms with E-state index in [1.807, 2.05) is 0 Å². The first-order chi connectivity index (χ1) is 9.98. The summed E-state index contributed by atoms with van der Waals surface area (Å²) in [5.74, 6) is 0.0778. The lowest BCUT2D eigenvalue weighted by Gasteiger charge is -2.31. The molecule has 1 aromatic rings. The monoisotopic (exact) mass is 315 g/mol. The lowest BCUT2D eigenvalue weighted by atomic mass is 9.82. The molecule has 0 aliphatic heterocycles. The quantitative estimate of drug-likeness (QED) is 0.411. The van der Waals surface area contributed by atoms with Crippen LogP contribution >= 0.6 is 12.6 Å². The number of hydrogen-bond acceptors (Lipinski definition) is 4. The zero-order chi connectivity index (χ0) is 15.9. The Morgan fingerprint density at radius 1 is 1.33 bits per heavy atom. The second-order valence-corrected chi connectivity index (χ2v) is 5.63. The van der Waals surface area contributed by atoms with Crippen molar-refractivity contribution in [2.24, 2.45) is 5.41 Å². The number of ether oxygens (including phenoxy) is 1. The van der Waals surface area contributed by atoms with Gasteiger partial charge in [-0.15, -0.1) is 0 Å². The molecular formula is C15H22FNO3S. The third kappa shape index (κ3) is 4.88. The molecule has 0 fully saturated rings. The van der Waals surface area contributed by atoms with E-state index in [2.05, 4.69) is 26.5 Å². The molecule has 0 bridgehead atoms. The molecule has 0 aliphatic rings. The third-order valence-electron chi connectivity index (χ3n) is 3.55. The zero-order valence-electron chi connectivity index (χ0n) is 12.5. The van der Waals surface area contributed by atoms with Crippen LogP contribution in [0.5, 0.6) is 5.75 Å². The van der Waals surface area contributed by atoms with Gasteiger partial charge < -0.3 is 4.74 Å². The maximum absolute atomic E-state index is 13.3. The van der Waals surface area contributed by atoms with Crippen molar-refractivity contribution in [3.63, 3.8) is 0 Å². The Hall–Kier alpha value is -1.30. The maximum Gasteiger partial charge on any atom is 0.311 e. The number of thiol groups is 1. The fourth-order valence-corrected chi connectivity index (χ4v) is 2.93. The molecule has 118 valence electrons. The van der Waals surface area contributed by atoms with Crippen LogP contribution in [-0.4, -0.2) is 17.3 Å². The molecule has 0 saturated carbocycles. The first kappa shape index (κ1) is 17.8. The minimum absolute atomic E-state index is 0.0154. The van der Waals surface area contributed by atoms with E-state index in [9.17, 15) is 14.5 Å². The minimum atomic E-state index is -0.559. The van der Waals surface area contributed by atoms with Gasteiger partial charge in [-0.25, -0.2) is 4.39 Å². The van der Waals surface area contributed by atoms with Crippen molar-refractivity contribution in [3.8, 4) is 5.75 Å². The normalized spacial score (nSPS) is 11.4. The average Bonchev–Trinajstić information content (AvgIpc) is 2.45. The van der Waals surface area contributed by atoms with Gasteiger partial charge in [0.1, 0.15) is 5.82 Å². The summed E-state index contributed by atoms with van der Waals surface area (Å²) in [4.78, 5) is 10.4. The zero-order valence-corrected chi connectivity index (χ0v) is 13.4. The van der Waals surface area contributed by atoms with Crippen molar-refractivity contribution < 1.29 is 14.1 Å². The molecule has 0 atom stereocenters. The van der Waals surface area contributed by atoms with Crippen molar-refractivity contribution in [1.29, 1.82) is 0 Å². The van der Waals surface area contributed by atoms with Gasteiger partial charge in [-0.05, 0) is 24.7 Å². The molecule has 0 radical (unpaired) electrons. The fourth-order valence-electron chi connectivity index (χ4n) is 2.52. The third-order valence-corrected chi connectivity index (χ3v) is 4.22. The maximum atomic E-state index is 13.3. The molecule has 0 unspecified atom stereocenters. The first-order valence-electron chi connectivity index (χ1n) is 7.15. The highest BCUT2D eigenvalue weighted by Crippen LogP contribution is 2.34. The minimum Gasteiger partial charge on any atom is -0.486 e. The number of nitro benzene ring substituents is 1. The van der Waals surface area contributed by atoms with E-state index in [1.54, 1.807) is 0 Å². The standard InChI is InChI=1S/C15H22FNO3S/c1-3-7-15(11-21,8-4-2)10-20-14-9-12(16)5-6-13(14)17(18)19/h5-6,9,21H,3-4,7-8,10-11H2,1-2H3. The van der Waals surface area contributed by atoms with Crippen molar-refractivity contribution in [2.45, 2.75) is 39.5 Å². The summed E-state index contributed by atoms with van der Waals surface area (Å²) in [6.07, 6.45) is 3.81. The van der Waals surface area contributed by atoms with Gasteiger partial charge in [-0.3, -0.25) is 10.1 Å². The molecular weight excluding hydrogens is 293 g/mol. The molecule has 0 amide bonds. The van der Waals surface area contributed by atoms with Crippen LogP contribution in [0, 0.1) is 21.3 Å². The fraction of sp³-hybridized carbons (Fsp3) is 0.600. The van der Waals surface area contributed by atoms with Crippen molar-refractivity contribution in [1.82, 2.24) is 0 Å². The highest BCUT2D eigenvalue weighted by Gasteiger charge is 2.29. The van der Waals surface area contributed by atoms with Crippen LogP contribution in [0.15, 0.2) is 18.2 Å². The van der Waals surface area contributed by atoms with Crippen LogP contribution in [0.1, 0.15) is 39.5 Å². The lowest BCUT2D eigenvalue weighted by molar-refractivity contribution is -0.386. The summed E-state index contributed by atoms with van der Waals surface area (Å²) in [5, 5.41) is 11.0. The second-order valence-electron chi connectivity index (χ2n) is 5.32. The van der Waals surface area contributed by atoms with E-state index in [-0.39, 0.29) is 16.9 Å². The van der Waals surface area contributed by atoms with Gasteiger partial charge in [0.15, 0.2) is 5.75 Å². The van der Waals surface area contributed by atoms with Crippen LogP contribution < -0.4 is 4.74 Å². The molecule has 21 heavy (non-hydrogen) atoms. The smallest absolute Gasteiger partial charge is 0.311 e. The number of benzene rings is 1. The van der Waals surface area contributed by atoms with Crippen LogP contribution in [0.2, 0.25) is 0 Å². The summed E-state index contributed by atoms with van der Waals surface area (Å²) >= 11 is 4.41. The number of rotatable bonds is 9. The van der Waals surface area contributed by atoms with Crippen LogP contribution in [0.3, 0.4) is 0 Å². The summed E-state index contributed by atoms with van der Waals surface area (Å²) in [7, 11) is 0. The second kappa shape index (κ2) is 8.22. The SMILES string of the molecule is CCCC(CS)(CCC)COc1cc(F)ccc1[N+](=O)[O-]. The van der Waals surface area contributed by atoms with Gasteiger partial charge in [0, 0.05) is 17.5 Å². The van der Waals surface area contributed by atoms with Crippen LogP contribution in [-0.2, 0) is 0 Å². The molecule has 4 nitrogen and oxygen atoms in total. The van der Waals surface area contributed by atoms with E-state index < -0.39 is 10.7 Å². The lowest BCUT2D eigenvalue weighted by Crippen LogP contribution is -2.30. The van der Waals surface area contributed by atoms with Gasteiger partial charge >= 0.3 is 5.69 Å². The van der Waals surface area contributed by atoms with Gasteiger partial charge in [0.2, 0.25) is 0 Å². The van der Waals surface area contributed by atoms with Crippen LogP contribution in [0.25, 0.3) is 0 Å². The number of nitrogens with zero attached hydrogens (tertiary/aromatic N) is 1. The predicted octanol–water partition coefficient (Wildman–Crippen LogP) is 4.63. The van der Waals surface area contributed by atoms with Gasteiger partial charge in [0.05, 0.1) is 11.5 Å². The molecule has 1 aromatic carbocycles. The Morgan fingerprint density at radius 3 is 2.43 bits per heavy atom. The highest BCUT2D eigenvalue weighted by atomic mass is 32.1. The van der Waals surface area contributed by atoms with E-state index in [0.717, 1.165) is 43.9 Å². The predicted molar refractivity (Wildman–Crippen MR) is 84.7 cm³/mol. The van der Waals surface area contributed by atoms with E-state index >= 15 is 0 Å². The molecule has 6 heteroatoms. The van der Waals surface area contributed by atoms with E-state index in [0.29, 0.717) is 12.4 Å².